The van der Waals surface area contributed by atoms with Gasteiger partial charge in [0, 0.05) is 28.3 Å². The quantitative estimate of drug-likeness (QED) is 0.847. The van der Waals surface area contributed by atoms with Gasteiger partial charge in [0.25, 0.3) is 0 Å². The van der Waals surface area contributed by atoms with Crippen molar-refractivity contribution in [3.05, 3.63) is 46.2 Å². The molecule has 5 heteroatoms. The van der Waals surface area contributed by atoms with Gasteiger partial charge < -0.3 is 10.5 Å². The van der Waals surface area contributed by atoms with Gasteiger partial charge in [0.15, 0.2) is 0 Å². The lowest BCUT2D eigenvalue weighted by atomic mass is 10.1. The second-order valence-electron chi connectivity index (χ2n) is 5.30. The summed E-state index contributed by atoms with van der Waals surface area (Å²) in [5.41, 5.74) is 7.90. The van der Waals surface area contributed by atoms with Crippen molar-refractivity contribution in [1.82, 2.24) is 9.78 Å². The fourth-order valence-corrected chi connectivity index (χ4v) is 2.39. The van der Waals surface area contributed by atoms with Gasteiger partial charge in [-0.3, -0.25) is 4.68 Å². The average Bonchev–Trinajstić information content (AvgIpc) is 2.93. The van der Waals surface area contributed by atoms with Crippen molar-refractivity contribution in [2.75, 3.05) is 0 Å². The molecule has 0 amide bonds. The van der Waals surface area contributed by atoms with E-state index in [-0.39, 0.29) is 6.04 Å². The highest BCUT2D eigenvalue weighted by molar-refractivity contribution is 9.10. The molecule has 0 aliphatic rings. The van der Waals surface area contributed by atoms with Crippen LogP contribution < -0.4 is 10.5 Å². The monoisotopic (exact) mass is 351 g/mol. The Morgan fingerprint density at radius 1 is 1.33 bits per heavy atom. The Hall–Kier alpha value is -1.33. The number of aromatic nitrogens is 2. The average molecular weight is 352 g/mol. The highest BCUT2D eigenvalue weighted by Crippen LogP contribution is 2.28. The summed E-state index contributed by atoms with van der Waals surface area (Å²) in [6.45, 7) is 6.70. The predicted octanol–water partition coefficient (Wildman–Crippen LogP) is 4.22. The highest BCUT2D eigenvalue weighted by atomic mass is 79.9. The van der Waals surface area contributed by atoms with Crippen LogP contribution in [0.15, 0.2) is 34.9 Å². The maximum Gasteiger partial charge on any atom is 0.132 e. The molecule has 4 nitrogen and oxygen atoms in total. The summed E-state index contributed by atoms with van der Waals surface area (Å²) in [7, 11) is 0. The third kappa shape index (κ3) is 4.08. The van der Waals surface area contributed by atoms with Gasteiger partial charge in [0.2, 0.25) is 0 Å². The molecule has 21 heavy (non-hydrogen) atoms. The van der Waals surface area contributed by atoms with E-state index in [2.05, 4.69) is 34.9 Å². The summed E-state index contributed by atoms with van der Waals surface area (Å²) >= 11 is 3.46. The van der Waals surface area contributed by atoms with E-state index >= 15 is 0 Å². The minimum atomic E-state index is -0.0641. The largest absolute Gasteiger partial charge is 0.487 e. The molecule has 2 aromatic rings. The predicted molar refractivity (Wildman–Crippen MR) is 88.3 cm³/mol. The number of ether oxygens (including phenoxy) is 1. The van der Waals surface area contributed by atoms with Gasteiger partial charge in [0.1, 0.15) is 12.4 Å². The standard InChI is InChI=1S/C16H22BrN3O/c1-4-11(2)20-8-7-14(19-20)10-21-16-9-13(17)5-6-15(16)12(3)18/h5-9,11-12H,4,10,18H2,1-3H3. The third-order valence-electron chi connectivity index (χ3n) is 3.55. The summed E-state index contributed by atoms with van der Waals surface area (Å²) in [6.07, 6.45) is 3.06. The zero-order valence-corrected chi connectivity index (χ0v) is 14.3. The Balaban J connectivity index is 2.09. The van der Waals surface area contributed by atoms with E-state index in [1.54, 1.807) is 0 Å². The lowest BCUT2D eigenvalue weighted by Crippen LogP contribution is -2.09. The Morgan fingerprint density at radius 3 is 2.76 bits per heavy atom. The third-order valence-corrected chi connectivity index (χ3v) is 4.04. The van der Waals surface area contributed by atoms with E-state index in [0.29, 0.717) is 12.6 Å². The molecule has 0 saturated carbocycles. The molecule has 2 unspecified atom stereocenters. The fourth-order valence-electron chi connectivity index (χ4n) is 2.05. The zero-order valence-electron chi connectivity index (χ0n) is 12.7. The van der Waals surface area contributed by atoms with E-state index in [4.69, 9.17) is 10.5 Å². The minimum absolute atomic E-state index is 0.0641. The van der Waals surface area contributed by atoms with Crippen molar-refractivity contribution in [2.24, 2.45) is 5.73 Å². The fraction of sp³-hybridized carbons (Fsp3) is 0.438. The van der Waals surface area contributed by atoms with Crippen LogP contribution in [-0.4, -0.2) is 9.78 Å². The molecular weight excluding hydrogens is 330 g/mol. The molecule has 0 aliphatic heterocycles. The molecule has 0 radical (unpaired) electrons. The summed E-state index contributed by atoms with van der Waals surface area (Å²) < 4.78 is 8.86. The van der Waals surface area contributed by atoms with Crippen LogP contribution in [0, 0.1) is 0 Å². The molecule has 1 heterocycles. The van der Waals surface area contributed by atoms with Crippen molar-refractivity contribution in [2.45, 2.75) is 45.9 Å². The van der Waals surface area contributed by atoms with Crippen LogP contribution in [0.1, 0.15) is 50.5 Å². The first kappa shape index (κ1) is 16.0. The molecular formula is C16H22BrN3O. The van der Waals surface area contributed by atoms with Gasteiger partial charge in [-0.05, 0) is 38.5 Å². The lowest BCUT2D eigenvalue weighted by molar-refractivity contribution is 0.293. The molecule has 0 spiro atoms. The van der Waals surface area contributed by atoms with Crippen LogP contribution >= 0.6 is 15.9 Å². The van der Waals surface area contributed by atoms with Crippen molar-refractivity contribution in [3.63, 3.8) is 0 Å². The number of nitrogens with zero attached hydrogens (tertiary/aromatic N) is 2. The summed E-state index contributed by atoms with van der Waals surface area (Å²) in [6, 6.07) is 8.25. The van der Waals surface area contributed by atoms with E-state index in [1.807, 2.05) is 42.1 Å². The van der Waals surface area contributed by atoms with Crippen LogP contribution in [-0.2, 0) is 6.61 Å². The number of halogens is 1. The SMILES string of the molecule is CCC(C)n1ccc(COc2cc(Br)ccc2C(C)N)n1. The van der Waals surface area contributed by atoms with Crippen LogP contribution in [0.25, 0.3) is 0 Å². The first-order valence-corrected chi connectivity index (χ1v) is 8.02. The lowest BCUT2D eigenvalue weighted by Gasteiger charge is -2.14. The van der Waals surface area contributed by atoms with Gasteiger partial charge in [-0.25, -0.2) is 0 Å². The van der Waals surface area contributed by atoms with Gasteiger partial charge in [-0.2, -0.15) is 5.10 Å². The van der Waals surface area contributed by atoms with Crippen LogP contribution in [0.2, 0.25) is 0 Å². The molecule has 2 atom stereocenters. The van der Waals surface area contributed by atoms with Gasteiger partial charge >= 0.3 is 0 Å². The van der Waals surface area contributed by atoms with Crippen LogP contribution in [0.4, 0.5) is 0 Å². The summed E-state index contributed by atoms with van der Waals surface area (Å²) in [5.74, 6) is 0.803. The van der Waals surface area contributed by atoms with Crippen LogP contribution in [0.3, 0.4) is 0 Å². The normalized spacial score (nSPS) is 14.0. The van der Waals surface area contributed by atoms with Gasteiger partial charge in [0.05, 0.1) is 5.69 Å². The van der Waals surface area contributed by atoms with Crippen molar-refractivity contribution in [1.29, 1.82) is 0 Å². The molecule has 1 aromatic carbocycles. The Bertz CT molecular complexity index is 595. The van der Waals surface area contributed by atoms with E-state index in [1.165, 1.54) is 0 Å². The Morgan fingerprint density at radius 2 is 2.10 bits per heavy atom. The van der Waals surface area contributed by atoms with Crippen molar-refractivity contribution >= 4 is 15.9 Å². The molecule has 0 saturated heterocycles. The number of nitrogens with two attached hydrogens (primary N) is 1. The second-order valence-corrected chi connectivity index (χ2v) is 6.22. The number of benzene rings is 1. The molecule has 114 valence electrons. The Labute approximate surface area is 134 Å². The maximum atomic E-state index is 5.98. The summed E-state index contributed by atoms with van der Waals surface area (Å²) in [4.78, 5) is 0. The van der Waals surface area contributed by atoms with Crippen molar-refractivity contribution < 1.29 is 4.74 Å². The maximum absolute atomic E-state index is 5.98. The van der Waals surface area contributed by atoms with E-state index in [0.717, 1.165) is 27.9 Å². The summed E-state index contributed by atoms with van der Waals surface area (Å²) in [5, 5.41) is 4.54. The van der Waals surface area contributed by atoms with E-state index in [9.17, 15) is 0 Å². The second kappa shape index (κ2) is 7.09. The molecule has 2 N–H and O–H groups in total. The topological polar surface area (TPSA) is 53.1 Å². The van der Waals surface area contributed by atoms with Crippen LogP contribution in [0.5, 0.6) is 5.75 Å². The Kier molecular flexibility index (Phi) is 5.42. The molecule has 1 aromatic heterocycles. The highest BCUT2D eigenvalue weighted by Gasteiger charge is 2.10. The first-order valence-electron chi connectivity index (χ1n) is 7.23. The van der Waals surface area contributed by atoms with Gasteiger partial charge in [-0.15, -0.1) is 0 Å². The smallest absolute Gasteiger partial charge is 0.132 e. The number of rotatable bonds is 6. The first-order chi connectivity index (χ1) is 10.0. The minimum Gasteiger partial charge on any atom is -0.487 e. The van der Waals surface area contributed by atoms with Crippen molar-refractivity contribution in [3.8, 4) is 5.75 Å². The zero-order chi connectivity index (χ0) is 15.4. The molecule has 2 rings (SSSR count). The van der Waals surface area contributed by atoms with Gasteiger partial charge in [-0.1, -0.05) is 28.9 Å². The van der Waals surface area contributed by atoms with E-state index < -0.39 is 0 Å². The molecule has 0 bridgehead atoms. The number of hydrogen-bond donors (Lipinski definition) is 1. The molecule has 0 aliphatic carbocycles. The molecule has 0 fully saturated rings. The number of hydrogen-bond acceptors (Lipinski definition) is 3.